The largest absolute Gasteiger partial charge is 0.352 e. The van der Waals surface area contributed by atoms with Crippen LogP contribution in [0.3, 0.4) is 0 Å². The minimum Gasteiger partial charge on any atom is -0.352 e. The molecule has 2 aliphatic rings. The van der Waals surface area contributed by atoms with Gasteiger partial charge in [-0.05, 0) is 38.8 Å². The van der Waals surface area contributed by atoms with E-state index in [1.165, 1.54) is 51.6 Å². The van der Waals surface area contributed by atoms with E-state index in [-0.39, 0.29) is 5.91 Å². The SMILES string of the molecule is O=C(CNCCN1CCCC1)NC1CCCC1. The first-order valence-corrected chi connectivity index (χ1v) is 7.07. The first kappa shape index (κ1) is 12.8. The zero-order valence-corrected chi connectivity index (χ0v) is 10.7. The summed E-state index contributed by atoms with van der Waals surface area (Å²) in [4.78, 5) is 14.1. The number of rotatable bonds is 6. The van der Waals surface area contributed by atoms with Crippen molar-refractivity contribution < 1.29 is 4.79 Å². The quantitative estimate of drug-likeness (QED) is 0.672. The van der Waals surface area contributed by atoms with E-state index >= 15 is 0 Å². The Kier molecular flexibility index (Phi) is 5.26. The summed E-state index contributed by atoms with van der Waals surface area (Å²) in [5.41, 5.74) is 0. The third kappa shape index (κ3) is 4.64. The zero-order chi connectivity index (χ0) is 11.9. The van der Waals surface area contributed by atoms with Gasteiger partial charge in [-0.25, -0.2) is 0 Å². The van der Waals surface area contributed by atoms with Gasteiger partial charge in [0.2, 0.25) is 5.91 Å². The van der Waals surface area contributed by atoms with Crippen molar-refractivity contribution in [3.8, 4) is 0 Å². The standard InChI is InChI=1S/C13H25N3O/c17-13(15-12-5-1-2-6-12)11-14-7-10-16-8-3-4-9-16/h12,14H,1-11H2,(H,15,17). The van der Waals surface area contributed by atoms with Crippen molar-refractivity contribution in [1.82, 2.24) is 15.5 Å². The van der Waals surface area contributed by atoms with Crippen molar-refractivity contribution in [1.29, 1.82) is 0 Å². The highest BCUT2D eigenvalue weighted by molar-refractivity contribution is 5.78. The van der Waals surface area contributed by atoms with Crippen LogP contribution in [-0.2, 0) is 4.79 Å². The second kappa shape index (κ2) is 6.97. The molecule has 1 aliphatic heterocycles. The van der Waals surface area contributed by atoms with Gasteiger partial charge in [0, 0.05) is 19.1 Å². The van der Waals surface area contributed by atoms with Gasteiger partial charge in [0.25, 0.3) is 0 Å². The number of carbonyl (C=O) groups excluding carboxylic acids is 1. The average Bonchev–Trinajstić information content (AvgIpc) is 2.96. The maximum atomic E-state index is 11.6. The normalized spacial score (nSPS) is 22.1. The van der Waals surface area contributed by atoms with Gasteiger partial charge in [0.1, 0.15) is 0 Å². The molecular weight excluding hydrogens is 214 g/mol. The molecule has 0 aromatic carbocycles. The van der Waals surface area contributed by atoms with E-state index in [1.807, 2.05) is 0 Å². The van der Waals surface area contributed by atoms with Gasteiger partial charge in [-0.15, -0.1) is 0 Å². The lowest BCUT2D eigenvalue weighted by Gasteiger charge is -2.15. The lowest BCUT2D eigenvalue weighted by molar-refractivity contribution is -0.120. The zero-order valence-electron chi connectivity index (χ0n) is 10.7. The molecule has 1 heterocycles. The Labute approximate surface area is 104 Å². The van der Waals surface area contributed by atoms with Crippen molar-refractivity contribution in [2.24, 2.45) is 0 Å². The van der Waals surface area contributed by atoms with E-state index in [2.05, 4.69) is 15.5 Å². The third-order valence-corrected chi connectivity index (χ3v) is 3.81. The first-order chi connectivity index (χ1) is 8.34. The second-order valence-corrected chi connectivity index (χ2v) is 5.27. The van der Waals surface area contributed by atoms with Crippen LogP contribution < -0.4 is 10.6 Å². The topological polar surface area (TPSA) is 44.4 Å². The Bertz CT molecular complexity index is 233. The highest BCUT2D eigenvalue weighted by atomic mass is 16.1. The summed E-state index contributed by atoms with van der Waals surface area (Å²) in [6, 6.07) is 0.447. The molecule has 4 heteroatoms. The number of hydrogen-bond acceptors (Lipinski definition) is 3. The molecular formula is C13H25N3O. The smallest absolute Gasteiger partial charge is 0.234 e. The van der Waals surface area contributed by atoms with Crippen molar-refractivity contribution in [2.45, 2.75) is 44.6 Å². The average molecular weight is 239 g/mol. The summed E-state index contributed by atoms with van der Waals surface area (Å²) < 4.78 is 0. The van der Waals surface area contributed by atoms with Crippen LogP contribution in [0.5, 0.6) is 0 Å². The molecule has 2 N–H and O–H groups in total. The highest BCUT2D eigenvalue weighted by Gasteiger charge is 2.16. The fraction of sp³-hybridized carbons (Fsp3) is 0.923. The maximum absolute atomic E-state index is 11.6. The number of likely N-dealkylation sites (tertiary alicyclic amines) is 1. The van der Waals surface area contributed by atoms with E-state index in [4.69, 9.17) is 0 Å². The first-order valence-electron chi connectivity index (χ1n) is 7.07. The Hall–Kier alpha value is -0.610. The maximum Gasteiger partial charge on any atom is 0.234 e. The van der Waals surface area contributed by atoms with E-state index in [1.54, 1.807) is 0 Å². The fourth-order valence-corrected chi connectivity index (χ4v) is 2.79. The van der Waals surface area contributed by atoms with Crippen LogP contribution in [0.4, 0.5) is 0 Å². The Morgan fingerprint density at radius 2 is 1.82 bits per heavy atom. The van der Waals surface area contributed by atoms with Gasteiger partial charge in [0.15, 0.2) is 0 Å². The van der Waals surface area contributed by atoms with E-state index in [0.717, 1.165) is 13.1 Å². The molecule has 0 radical (unpaired) electrons. The van der Waals surface area contributed by atoms with Crippen LogP contribution in [0, 0.1) is 0 Å². The molecule has 1 amide bonds. The fourth-order valence-electron chi connectivity index (χ4n) is 2.79. The van der Waals surface area contributed by atoms with E-state index in [9.17, 15) is 4.79 Å². The number of hydrogen-bond donors (Lipinski definition) is 2. The van der Waals surface area contributed by atoms with Gasteiger partial charge in [0.05, 0.1) is 6.54 Å². The van der Waals surface area contributed by atoms with Crippen LogP contribution in [0.1, 0.15) is 38.5 Å². The summed E-state index contributed by atoms with van der Waals surface area (Å²) in [6.07, 6.45) is 7.55. The number of nitrogens with zero attached hydrogens (tertiary/aromatic N) is 1. The monoisotopic (exact) mass is 239 g/mol. The van der Waals surface area contributed by atoms with Crippen molar-refractivity contribution in [3.05, 3.63) is 0 Å². The molecule has 2 fully saturated rings. The van der Waals surface area contributed by atoms with E-state index < -0.39 is 0 Å². The highest BCUT2D eigenvalue weighted by Crippen LogP contribution is 2.17. The van der Waals surface area contributed by atoms with Crippen molar-refractivity contribution >= 4 is 5.91 Å². The van der Waals surface area contributed by atoms with E-state index in [0.29, 0.717) is 12.6 Å². The Morgan fingerprint density at radius 1 is 1.12 bits per heavy atom. The minimum absolute atomic E-state index is 0.165. The third-order valence-electron chi connectivity index (χ3n) is 3.81. The number of carbonyl (C=O) groups is 1. The van der Waals surface area contributed by atoms with Crippen LogP contribution in [-0.4, -0.2) is 49.6 Å². The van der Waals surface area contributed by atoms with Crippen LogP contribution in [0.15, 0.2) is 0 Å². The van der Waals surface area contributed by atoms with Gasteiger partial charge in [-0.2, -0.15) is 0 Å². The van der Waals surface area contributed by atoms with Gasteiger partial charge >= 0.3 is 0 Å². The molecule has 0 atom stereocenters. The molecule has 0 spiro atoms. The molecule has 0 unspecified atom stereocenters. The summed E-state index contributed by atoms with van der Waals surface area (Å²) >= 11 is 0. The molecule has 17 heavy (non-hydrogen) atoms. The molecule has 0 aromatic heterocycles. The summed E-state index contributed by atoms with van der Waals surface area (Å²) in [7, 11) is 0. The molecule has 0 aromatic rings. The van der Waals surface area contributed by atoms with Gasteiger partial charge in [-0.1, -0.05) is 12.8 Å². The Balaban J connectivity index is 1.47. The molecule has 1 saturated heterocycles. The van der Waals surface area contributed by atoms with Crippen LogP contribution in [0.2, 0.25) is 0 Å². The minimum atomic E-state index is 0.165. The van der Waals surface area contributed by atoms with Gasteiger partial charge < -0.3 is 15.5 Å². The summed E-state index contributed by atoms with van der Waals surface area (Å²) in [6.45, 7) is 4.95. The molecule has 1 aliphatic carbocycles. The molecule has 1 saturated carbocycles. The van der Waals surface area contributed by atoms with Gasteiger partial charge in [-0.3, -0.25) is 4.79 Å². The predicted molar refractivity (Wildman–Crippen MR) is 68.9 cm³/mol. The Morgan fingerprint density at radius 3 is 2.53 bits per heavy atom. The van der Waals surface area contributed by atoms with Crippen LogP contribution in [0.25, 0.3) is 0 Å². The van der Waals surface area contributed by atoms with Crippen LogP contribution >= 0.6 is 0 Å². The molecule has 4 nitrogen and oxygen atoms in total. The predicted octanol–water partition coefficient (Wildman–Crippen LogP) is 0.731. The summed E-state index contributed by atoms with van der Waals surface area (Å²) in [5, 5.41) is 6.32. The van der Waals surface area contributed by atoms with Crippen molar-refractivity contribution in [3.63, 3.8) is 0 Å². The molecule has 0 bridgehead atoms. The lowest BCUT2D eigenvalue weighted by atomic mass is 10.2. The second-order valence-electron chi connectivity index (χ2n) is 5.27. The summed E-state index contributed by atoms with van der Waals surface area (Å²) in [5.74, 6) is 0.165. The molecule has 98 valence electrons. The molecule has 2 rings (SSSR count). The number of nitrogens with one attached hydrogen (secondary N) is 2. The van der Waals surface area contributed by atoms with Crippen molar-refractivity contribution in [2.75, 3.05) is 32.7 Å². The number of amides is 1. The lowest BCUT2D eigenvalue weighted by Crippen LogP contribution is -2.41.